The van der Waals surface area contributed by atoms with Crippen LogP contribution < -0.4 is 0 Å². The van der Waals surface area contributed by atoms with Crippen molar-refractivity contribution in [2.24, 2.45) is 5.41 Å². The van der Waals surface area contributed by atoms with Gasteiger partial charge < -0.3 is 9.90 Å². The quantitative estimate of drug-likeness (QED) is 0.643. The van der Waals surface area contributed by atoms with E-state index in [4.69, 9.17) is 5.11 Å². The lowest BCUT2D eigenvalue weighted by Gasteiger charge is -2.41. The lowest BCUT2D eigenvalue weighted by molar-refractivity contribution is -0.118. The number of aliphatic hydroxyl groups excluding tert-OH is 1. The minimum absolute atomic E-state index is 0.193. The maximum atomic E-state index is 11.3. The average Bonchev–Trinajstić information content (AvgIpc) is 2.24. The van der Waals surface area contributed by atoms with Crippen LogP contribution in [0.25, 0.3) is 0 Å². The molecule has 1 N–H and O–H groups in total. The molecule has 0 aliphatic heterocycles. The van der Waals surface area contributed by atoms with E-state index in [0.717, 1.165) is 25.7 Å². The van der Waals surface area contributed by atoms with Crippen LogP contribution in [0, 0.1) is 5.41 Å². The summed E-state index contributed by atoms with van der Waals surface area (Å²) in [7, 11) is 0. The van der Waals surface area contributed by atoms with E-state index in [1.54, 1.807) is 0 Å². The predicted molar refractivity (Wildman–Crippen MR) is 65.4 cm³/mol. The van der Waals surface area contributed by atoms with Crippen molar-refractivity contribution in [3.05, 3.63) is 0 Å². The Morgan fingerprint density at radius 1 is 1.38 bits per heavy atom. The lowest BCUT2D eigenvalue weighted by atomic mass is 9.81. The number of aliphatic hydroxyl groups is 1. The van der Waals surface area contributed by atoms with Crippen LogP contribution in [0.15, 0.2) is 0 Å². The zero-order valence-corrected chi connectivity index (χ0v) is 10.6. The molecule has 0 heterocycles. The van der Waals surface area contributed by atoms with Gasteiger partial charge in [0.15, 0.2) is 0 Å². The van der Waals surface area contributed by atoms with Gasteiger partial charge in [0.25, 0.3) is 0 Å². The Hall–Kier alpha value is -0.410. The van der Waals surface area contributed by atoms with Crippen LogP contribution in [0.2, 0.25) is 0 Å². The van der Waals surface area contributed by atoms with Gasteiger partial charge >= 0.3 is 0 Å². The van der Waals surface area contributed by atoms with Crippen LogP contribution >= 0.6 is 0 Å². The molecule has 0 atom stereocenters. The molecule has 1 fully saturated rings. The summed E-state index contributed by atoms with van der Waals surface area (Å²) >= 11 is 0. The van der Waals surface area contributed by atoms with Gasteiger partial charge in [0, 0.05) is 24.5 Å². The maximum Gasteiger partial charge on any atom is 0.127 e. The molecule has 3 nitrogen and oxygen atoms in total. The van der Waals surface area contributed by atoms with E-state index in [0.29, 0.717) is 12.6 Å². The van der Waals surface area contributed by atoms with Crippen LogP contribution in [0.5, 0.6) is 0 Å². The second kappa shape index (κ2) is 6.36. The van der Waals surface area contributed by atoms with Gasteiger partial charge in [-0.25, -0.2) is 0 Å². The van der Waals surface area contributed by atoms with Gasteiger partial charge in [0.1, 0.15) is 6.29 Å². The fourth-order valence-corrected chi connectivity index (χ4v) is 2.35. The molecule has 1 aliphatic carbocycles. The molecular formula is C13H25NO2. The average molecular weight is 227 g/mol. The van der Waals surface area contributed by atoms with Crippen LogP contribution in [-0.2, 0) is 4.79 Å². The first-order valence-corrected chi connectivity index (χ1v) is 6.52. The molecule has 1 aliphatic rings. The Labute approximate surface area is 98.8 Å². The Morgan fingerprint density at radius 3 is 2.31 bits per heavy atom. The molecule has 0 saturated heterocycles. The van der Waals surface area contributed by atoms with Gasteiger partial charge in [-0.2, -0.15) is 0 Å². The summed E-state index contributed by atoms with van der Waals surface area (Å²) < 4.78 is 0. The van der Waals surface area contributed by atoms with E-state index in [-0.39, 0.29) is 12.0 Å². The highest BCUT2D eigenvalue weighted by atomic mass is 16.3. The van der Waals surface area contributed by atoms with Crippen LogP contribution in [0.1, 0.15) is 46.0 Å². The van der Waals surface area contributed by atoms with E-state index in [1.165, 1.54) is 19.3 Å². The highest BCUT2D eigenvalue weighted by molar-refractivity contribution is 5.59. The number of hydrogen-bond acceptors (Lipinski definition) is 3. The first kappa shape index (κ1) is 13.7. The highest BCUT2D eigenvalue weighted by Gasteiger charge is 2.33. The van der Waals surface area contributed by atoms with Crippen molar-refractivity contribution in [3.63, 3.8) is 0 Å². The molecule has 0 spiro atoms. The third-order valence-electron chi connectivity index (χ3n) is 4.15. The molecule has 0 aromatic rings. The van der Waals surface area contributed by atoms with Crippen LogP contribution in [0.3, 0.4) is 0 Å². The van der Waals surface area contributed by atoms with Crippen LogP contribution in [0.4, 0.5) is 0 Å². The SMILES string of the molecule is CCC(C=O)(CC)CN(CCO)C1CCC1. The summed E-state index contributed by atoms with van der Waals surface area (Å²) in [6, 6.07) is 0.601. The van der Waals surface area contributed by atoms with Crippen molar-refractivity contribution < 1.29 is 9.90 Å². The van der Waals surface area contributed by atoms with Crippen molar-refractivity contribution in [1.29, 1.82) is 0 Å². The van der Waals surface area contributed by atoms with Gasteiger partial charge in [-0.05, 0) is 25.7 Å². The minimum Gasteiger partial charge on any atom is -0.395 e. The Morgan fingerprint density at radius 2 is 2.00 bits per heavy atom. The molecule has 0 amide bonds. The largest absolute Gasteiger partial charge is 0.395 e. The molecule has 16 heavy (non-hydrogen) atoms. The topological polar surface area (TPSA) is 40.5 Å². The third-order valence-corrected chi connectivity index (χ3v) is 4.15. The molecule has 1 rings (SSSR count). The Bertz CT molecular complexity index is 210. The van der Waals surface area contributed by atoms with Crippen molar-refractivity contribution >= 4 is 6.29 Å². The summed E-state index contributed by atoms with van der Waals surface area (Å²) in [5.41, 5.74) is -0.204. The summed E-state index contributed by atoms with van der Waals surface area (Å²) in [5, 5.41) is 9.09. The zero-order chi connectivity index (χ0) is 12.0. The van der Waals surface area contributed by atoms with Gasteiger partial charge in [0.2, 0.25) is 0 Å². The van der Waals surface area contributed by atoms with E-state index < -0.39 is 0 Å². The number of rotatable bonds is 8. The second-order valence-electron chi connectivity index (χ2n) is 4.97. The molecule has 1 saturated carbocycles. The number of carbonyl (C=O) groups is 1. The second-order valence-corrected chi connectivity index (χ2v) is 4.97. The number of hydrogen-bond donors (Lipinski definition) is 1. The molecule has 0 bridgehead atoms. The van der Waals surface area contributed by atoms with E-state index >= 15 is 0 Å². The Balaban J connectivity index is 2.60. The van der Waals surface area contributed by atoms with Crippen molar-refractivity contribution in [1.82, 2.24) is 4.90 Å². The van der Waals surface area contributed by atoms with Crippen molar-refractivity contribution in [2.45, 2.75) is 52.0 Å². The van der Waals surface area contributed by atoms with E-state index in [9.17, 15) is 4.79 Å². The normalized spacial score (nSPS) is 17.5. The van der Waals surface area contributed by atoms with Gasteiger partial charge in [-0.1, -0.05) is 20.3 Å². The smallest absolute Gasteiger partial charge is 0.127 e. The van der Waals surface area contributed by atoms with Gasteiger partial charge in [-0.15, -0.1) is 0 Å². The number of nitrogens with zero attached hydrogens (tertiary/aromatic N) is 1. The maximum absolute atomic E-state index is 11.3. The predicted octanol–water partition coefficient (Wildman–Crippen LogP) is 1.84. The highest BCUT2D eigenvalue weighted by Crippen LogP contribution is 2.30. The van der Waals surface area contributed by atoms with E-state index in [2.05, 4.69) is 18.7 Å². The first-order chi connectivity index (χ1) is 7.71. The number of aldehydes is 1. The monoisotopic (exact) mass is 227 g/mol. The molecule has 3 heteroatoms. The summed E-state index contributed by atoms with van der Waals surface area (Å²) in [6.07, 6.45) is 6.64. The van der Waals surface area contributed by atoms with Gasteiger partial charge in [0.05, 0.1) is 6.61 Å². The van der Waals surface area contributed by atoms with Crippen molar-refractivity contribution in [3.8, 4) is 0 Å². The molecule has 0 unspecified atom stereocenters. The molecule has 0 aromatic carbocycles. The third kappa shape index (κ3) is 3.05. The lowest BCUT2D eigenvalue weighted by Crippen LogP contribution is -2.48. The molecular weight excluding hydrogens is 202 g/mol. The van der Waals surface area contributed by atoms with Crippen LogP contribution in [-0.4, -0.2) is 42.0 Å². The number of carbonyl (C=O) groups excluding carboxylic acids is 1. The summed E-state index contributed by atoms with van der Waals surface area (Å²) in [4.78, 5) is 13.6. The molecule has 0 aromatic heterocycles. The van der Waals surface area contributed by atoms with Gasteiger partial charge in [-0.3, -0.25) is 4.90 Å². The van der Waals surface area contributed by atoms with Crippen molar-refractivity contribution in [2.75, 3.05) is 19.7 Å². The summed E-state index contributed by atoms with van der Waals surface area (Å²) in [5.74, 6) is 0. The minimum atomic E-state index is -0.204. The fraction of sp³-hybridized carbons (Fsp3) is 0.923. The zero-order valence-electron chi connectivity index (χ0n) is 10.6. The Kier molecular flexibility index (Phi) is 5.42. The fourth-order valence-electron chi connectivity index (χ4n) is 2.35. The first-order valence-electron chi connectivity index (χ1n) is 6.52. The summed E-state index contributed by atoms with van der Waals surface area (Å²) in [6.45, 7) is 5.87. The molecule has 94 valence electrons. The standard InChI is InChI=1S/C13H25NO2/c1-3-13(4-2,11-16)10-14(8-9-15)12-6-5-7-12/h11-12,15H,3-10H2,1-2H3. The van der Waals surface area contributed by atoms with E-state index in [1.807, 2.05) is 0 Å². The molecule has 0 radical (unpaired) electrons.